The van der Waals surface area contributed by atoms with Crippen LogP contribution in [-0.4, -0.2) is 22.4 Å². The van der Waals surface area contributed by atoms with E-state index < -0.39 is 12.2 Å². The van der Waals surface area contributed by atoms with Gasteiger partial charge in [0.1, 0.15) is 12.2 Å². The largest absolute Gasteiger partial charge is 0.386 e. The first-order valence-corrected chi connectivity index (χ1v) is 6.62. The molecule has 1 aromatic carbocycles. The molecule has 3 rings (SSSR count). The van der Waals surface area contributed by atoms with E-state index in [2.05, 4.69) is 6.07 Å². The fraction of sp³-hybridized carbons (Fsp3) is 0.167. The summed E-state index contributed by atoms with van der Waals surface area (Å²) < 4.78 is 0. The second-order valence-electron chi connectivity index (χ2n) is 3.67. The fourth-order valence-electron chi connectivity index (χ4n) is 1.72. The number of thioether (sulfide) groups is 2. The zero-order chi connectivity index (χ0) is 11.1. The van der Waals surface area contributed by atoms with Crippen LogP contribution in [0.15, 0.2) is 56.0 Å². The topological polar surface area (TPSA) is 40.5 Å². The molecule has 0 amide bonds. The Morgan fingerprint density at radius 2 is 1.69 bits per heavy atom. The first-order valence-electron chi connectivity index (χ1n) is 4.99. The Morgan fingerprint density at radius 3 is 2.44 bits per heavy atom. The summed E-state index contributed by atoms with van der Waals surface area (Å²) in [6.07, 6.45) is 1.97. The number of hydrogen-bond donors (Lipinski definition) is 2. The predicted molar refractivity (Wildman–Crippen MR) is 66.3 cm³/mol. The summed E-state index contributed by atoms with van der Waals surface area (Å²) in [5.41, 5.74) is 0. The second-order valence-corrected chi connectivity index (χ2v) is 5.84. The third kappa shape index (κ3) is 1.62. The maximum Gasteiger partial charge on any atom is 0.116 e. The van der Waals surface area contributed by atoms with Gasteiger partial charge in [-0.15, -0.1) is 0 Å². The highest BCUT2D eigenvalue weighted by Crippen LogP contribution is 2.49. The molecule has 1 aliphatic carbocycles. The van der Waals surface area contributed by atoms with Crippen molar-refractivity contribution in [1.29, 1.82) is 0 Å². The fourth-order valence-corrected chi connectivity index (χ4v) is 4.13. The standard InChI is InChI=1S/C12H10O2S2/c13-7-5-6-10-12(11(7)14)16-9-4-2-1-3-8(9)15-10/h1-7,11,13-14H/t7-,11-/m0/s1. The van der Waals surface area contributed by atoms with Gasteiger partial charge in [0.25, 0.3) is 0 Å². The molecule has 0 fully saturated rings. The molecule has 2 nitrogen and oxygen atoms in total. The van der Waals surface area contributed by atoms with Gasteiger partial charge in [0.15, 0.2) is 0 Å². The van der Waals surface area contributed by atoms with Gasteiger partial charge >= 0.3 is 0 Å². The molecule has 1 aromatic rings. The van der Waals surface area contributed by atoms with Crippen LogP contribution in [0.1, 0.15) is 0 Å². The number of aliphatic hydroxyl groups is 2. The van der Waals surface area contributed by atoms with Gasteiger partial charge in [-0.25, -0.2) is 0 Å². The molecule has 0 unspecified atom stereocenters. The van der Waals surface area contributed by atoms with Crippen LogP contribution in [0.3, 0.4) is 0 Å². The second kappa shape index (κ2) is 3.96. The number of hydrogen-bond acceptors (Lipinski definition) is 4. The summed E-state index contributed by atoms with van der Waals surface area (Å²) >= 11 is 3.20. The van der Waals surface area contributed by atoms with E-state index >= 15 is 0 Å². The van der Waals surface area contributed by atoms with Crippen LogP contribution >= 0.6 is 23.5 Å². The van der Waals surface area contributed by atoms with Crippen molar-refractivity contribution in [3.05, 3.63) is 46.2 Å². The summed E-state index contributed by atoms with van der Waals surface area (Å²) in [5.74, 6) is 0. The van der Waals surface area contributed by atoms with Crippen LogP contribution < -0.4 is 0 Å². The van der Waals surface area contributed by atoms with E-state index in [1.807, 2.05) is 24.3 Å². The van der Waals surface area contributed by atoms with Crippen molar-refractivity contribution >= 4 is 23.5 Å². The van der Waals surface area contributed by atoms with Crippen LogP contribution in [0.4, 0.5) is 0 Å². The molecule has 4 heteroatoms. The third-order valence-corrected chi connectivity index (χ3v) is 5.24. The lowest BCUT2D eigenvalue weighted by atomic mass is 10.1. The van der Waals surface area contributed by atoms with Gasteiger partial charge in [-0.05, 0) is 18.2 Å². The van der Waals surface area contributed by atoms with Crippen molar-refractivity contribution in [2.75, 3.05) is 0 Å². The van der Waals surface area contributed by atoms with Crippen LogP contribution in [0.2, 0.25) is 0 Å². The highest BCUT2D eigenvalue weighted by molar-refractivity contribution is 8.09. The maximum absolute atomic E-state index is 9.91. The maximum atomic E-state index is 9.91. The van der Waals surface area contributed by atoms with Gasteiger partial charge in [0.05, 0.1) is 0 Å². The van der Waals surface area contributed by atoms with Crippen molar-refractivity contribution in [3.8, 4) is 0 Å². The minimum absolute atomic E-state index is 0.780. The summed E-state index contributed by atoms with van der Waals surface area (Å²) in [4.78, 5) is 4.26. The molecule has 1 aliphatic heterocycles. The predicted octanol–water partition coefficient (Wildman–Crippen LogP) is 2.39. The minimum Gasteiger partial charge on any atom is -0.386 e. The number of rotatable bonds is 0. The molecule has 1 heterocycles. The van der Waals surface area contributed by atoms with Gasteiger partial charge in [0.2, 0.25) is 0 Å². The van der Waals surface area contributed by atoms with Gasteiger partial charge in [-0.2, -0.15) is 0 Å². The Bertz CT molecular complexity index is 494. The van der Waals surface area contributed by atoms with E-state index in [1.54, 1.807) is 29.6 Å². The first-order chi connectivity index (χ1) is 7.75. The molecule has 0 spiro atoms. The molecule has 0 saturated heterocycles. The van der Waals surface area contributed by atoms with Crippen LogP contribution in [-0.2, 0) is 0 Å². The van der Waals surface area contributed by atoms with Crippen LogP contribution in [0, 0.1) is 0 Å². The molecule has 2 atom stereocenters. The average molecular weight is 250 g/mol. The summed E-state index contributed by atoms with van der Waals surface area (Å²) in [6.45, 7) is 0. The quantitative estimate of drug-likeness (QED) is 0.742. The average Bonchev–Trinajstić information content (AvgIpc) is 2.32. The van der Waals surface area contributed by atoms with E-state index in [0.717, 1.165) is 14.7 Å². The molecular formula is C12H10O2S2. The van der Waals surface area contributed by atoms with Crippen molar-refractivity contribution in [2.45, 2.75) is 22.0 Å². The van der Waals surface area contributed by atoms with Crippen molar-refractivity contribution in [1.82, 2.24) is 0 Å². The molecule has 16 heavy (non-hydrogen) atoms. The number of benzene rings is 1. The Hall–Kier alpha value is -0.680. The molecule has 2 N–H and O–H groups in total. The lowest BCUT2D eigenvalue weighted by Gasteiger charge is -2.28. The summed E-state index contributed by atoms with van der Waals surface area (Å²) in [7, 11) is 0. The summed E-state index contributed by atoms with van der Waals surface area (Å²) in [6, 6.07) is 8.10. The highest BCUT2D eigenvalue weighted by Gasteiger charge is 2.29. The molecule has 0 radical (unpaired) electrons. The Kier molecular flexibility index (Phi) is 2.59. The normalized spacial score (nSPS) is 27.6. The van der Waals surface area contributed by atoms with E-state index in [4.69, 9.17) is 0 Å². The third-order valence-electron chi connectivity index (χ3n) is 2.57. The molecule has 82 valence electrons. The van der Waals surface area contributed by atoms with Gasteiger partial charge in [-0.1, -0.05) is 41.7 Å². The number of allylic oxidation sites excluding steroid dienone is 1. The number of aliphatic hydroxyl groups excluding tert-OH is 2. The van der Waals surface area contributed by atoms with Gasteiger partial charge in [0, 0.05) is 19.6 Å². The minimum atomic E-state index is -0.786. The van der Waals surface area contributed by atoms with Gasteiger partial charge in [-0.3, -0.25) is 0 Å². The summed E-state index contributed by atoms with van der Waals surface area (Å²) in [5, 5.41) is 19.5. The lowest BCUT2D eigenvalue weighted by molar-refractivity contribution is 0.0767. The number of fused-ring (bicyclic) bond motifs is 1. The van der Waals surface area contributed by atoms with Crippen molar-refractivity contribution < 1.29 is 10.2 Å². The van der Waals surface area contributed by atoms with Crippen molar-refractivity contribution in [2.24, 2.45) is 0 Å². The van der Waals surface area contributed by atoms with Crippen LogP contribution in [0.25, 0.3) is 0 Å². The molecular weight excluding hydrogens is 240 g/mol. The zero-order valence-electron chi connectivity index (χ0n) is 8.33. The van der Waals surface area contributed by atoms with Crippen molar-refractivity contribution in [3.63, 3.8) is 0 Å². The Balaban J connectivity index is 2.02. The van der Waals surface area contributed by atoms with E-state index in [1.165, 1.54) is 4.90 Å². The van der Waals surface area contributed by atoms with E-state index in [9.17, 15) is 10.2 Å². The van der Waals surface area contributed by atoms with E-state index in [0.29, 0.717) is 0 Å². The zero-order valence-corrected chi connectivity index (χ0v) is 9.96. The molecule has 2 aliphatic rings. The highest BCUT2D eigenvalue weighted by atomic mass is 32.2. The first kappa shape index (κ1) is 10.5. The Morgan fingerprint density at radius 1 is 1.00 bits per heavy atom. The molecule has 0 saturated carbocycles. The monoisotopic (exact) mass is 250 g/mol. The Labute approximate surface area is 102 Å². The van der Waals surface area contributed by atoms with E-state index in [-0.39, 0.29) is 0 Å². The van der Waals surface area contributed by atoms with Gasteiger partial charge < -0.3 is 10.2 Å². The molecule has 0 bridgehead atoms. The van der Waals surface area contributed by atoms with Crippen LogP contribution in [0.5, 0.6) is 0 Å². The SMILES string of the molecule is O[C@@H]1C2=C(C=C[C@@H]1O)Sc1ccccc1S2. The lowest BCUT2D eigenvalue weighted by Crippen LogP contribution is -2.28. The smallest absolute Gasteiger partial charge is 0.116 e. The molecule has 0 aromatic heterocycles.